The van der Waals surface area contributed by atoms with Gasteiger partial charge >= 0.3 is 5.97 Å². The number of hydrogen-bond donors (Lipinski definition) is 1. The average Bonchev–Trinajstić information content (AvgIpc) is 2.94. The second-order valence-electron chi connectivity index (χ2n) is 5.64. The van der Waals surface area contributed by atoms with Gasteiger partial charge in [0.1, 0.15) is 4.88 Å². The summed E-state index contributed by atoms with van der Waals surface area (Å²) in [5.74, 6) is 1.01. The SMILES string of the molecule is Cc1sc(C(=O)O)cc1CN1CC2CCCC2C1. The van der Waals surface area contributed by atoms with Gasteiger partial charge in [-0.2, -0.15) is 0 Å². The first-order valence-electron chi connectivity index (χ1n) is 6.68. The first kappa shape index (κ1) is 12.2. The molecule has 3 rings (SSSR count). The quantitative estimate of drug-likeness (QED) is 0.913. The van der Waals surface area contributed by atoms with Crippen LogP contribution in [0.15, 0.2) is 6.07 Å². The molecule has 1 aromatic heterocycles. The summed E-state index contributed by atoms with van der Waals surface area (Å²) in [5.41, 5.74) is 1.21. The standard InChI is InChI=1S/C14H19NO2S/c1-9-12(5-13(18-9)14(16)17)8-15-6-10-3-2-4-11(10)7-15/h5,10-11H,2-4,6-8H2,1H3,(H,16,17). The highest BCUT2D eigenvalue weighted by molar-refractivity contribution is 7.14. The molecule has 2 aliphatic rings. The molecule has 0 bridgehead atoms. The molecule has 18 heavy (non-hydrogen) atoms. The minimum atomic E-state index is -0.798. The first-order chi connectivity index (χ1) is 8.63. The second kappa shape index (κ2) is 4.67. The number of aryl methyl sites for hydroxylation is 1. The van der Waals surface area contributed by atoms with Crippen molar-refractivity contribution in [2.75, 3.05) is 13.1 Å². The molecule has 0 radical (unpaired) electrons. The van der Waals surface area contributed by atoms with Crippen LogP contribution in [0.25, 0.3) is 0 Å². The molecule has 1 saturated heterocycles. The van der Waals surface area contributed by atoms with Crippen LogP contribution in [0.3, 0.4) is 0 Å². The van der Waals surface area contributed by atoms with Gasteiger partial charge in [-0.3, -0.25) is 4.90 Å². The Labute approximate surface area is 111 Å². The van der Waals surface area contributed by atoms with Crippen LogP contribution in [0.1, 0.15) is 39.4 Å². The lowest BCUT2D eigenvalue weighted by atomic mass is 10.0. The van der Waals surface area contributed by atoms with Crippen LogP contribution >= 0.6 is 11.3 Å². The Morgan fingerprint density at radius 3 is 2.67 bits per heavy atom. The van der Waals surface area contributed by atoms with Crippen molar-refractivity contribution < 1.29 is 9.90 Å². The van der Waals surface area contributed by atoms with E-state index < -0.39 is 5.97 Å². The summed E-state index contributed by atoms with van der Waals surface area (Å²) in [6.45, 7) is 5.39. The molecule has 0 amide bonds. The zero-order chi connectivity index (χ0) is 12.7. The predicted molar refractivity (Wildman–Crippen MR) is 72.1 cm³/mol. The third kappa shape index (κ3) is 2.19. The molecule has 1 aliphatic heterocycles. The van der Waals surface area contributed by atoms with Crippen molar-refractivity contribution in [1.29, 1.82) is 0 Å². The molecule has 3 nitrogen and oxygen atoms in total. The zero-order valence-corrected chi connectivity index (χ0v) is 11.5. The third-order valence-electron chi connectivity index (χ3n) is 4.43. The molecule has 1 aromatic rings. The van der Waals surface area contributed by atoms with Crippen LogP contribution < -0.4 is 0 Å². The van der Waals surface area contributed by atoms with Crippen molar-refractivity contribution in [3.63, 3.8) is 0 Å². The van der Waals surface area contributed by atoms with Crippen LogP contribution in [0, 0.1) is 18.8 Å². The van der Waals surface area contributed by atoms with E-state index in [1.807, 2.05) is 13.0 Å². The van der Waals surface area contributed by atoms with Gasteiger partial charge in [-0.05, 0) is 43.2 Å². The Kier molecular flexibility index (Phi) is 3.16. The smallest absolute Gasteiger partial charge is 0.345 e. The molecule has 0 aromatic carbocycles. The van der Waals surface area contributed by atoms with Gasteiger partial charge in [0.05, 0.1) is 0 Å². The Balaban J connectivity index is 1.68. The monoisotopic (exact) mass is 265 g/mol. The molecular weight excluding hydrogens is 246 g/mol. The fraction of sp³-hybridized carbons (Fsp3) is 0.643. The summed E-state index contributed by atoms with van der Waals surface area (Å²) >= 11 is 1.40. The minimum absolute atomic E-state index is 0.474. The molecule has 1 saturated carbocycles. The molecule has 4 heteroatoms. The normalized spacial score (nSPS) is 27.6. The van der Waals surface area contributed by atoms with Crippen molar-refractivity contribution in [2.24, 2.45) is 11.8 Å². The second-order valence-corrected chi connectivity index (χ2v) is 6.90. The van der Waals surface area contributed by atoms with Crippen molar-refractivity contribution in [1.82, 2.24) is 4.90 Å². The third-order valence-corrected chi connectivity index (χ3v) is 5.51. The van der Waals surface area contributed by atoms with E-state index in [2.05, 4.69) is 4.90 Å². The summed E-state index contributed by atoms with van der Waals surface area (Å²) in [6.07, 6.45) is 4.19. The van der Waals surface area contributed by atoms with Crippen molar-refractivity contribution in [3.05, 3.63) is 21.4 Å². The fourth-order valence-corrected chi connectivity index (χ4v) is 4.36. The van der Waals surface area contributed by atoms with Crippen LogP contribution in [0.4, 0.5) is 0 Å². The van der Waals surface area contributed by atoms with Gasteiger partial charge in [0, 0.05) is 24.5 Å². The lowest BCUT2D eigenvalue weighted by Gasteiger charge is -2.16. The van der Waals surface area contributed by atoms with E-state index in [0.29, 0.717) is 4.88 Å². The molecule has 98 valence electrons. The van der Waals surface area contributed by atoms with E-state index in [4.69, 9.17) is 5.11 Å². The molecule has 1 aliphatic carbocycles. The fourth-order valence-electron chi connectivity index (χ4n) is 3.48. The number of rotatable bonds is 3. The number of carboxylic acids is 1. The Morgan fingerprint density at radius 2 is 2.11 bits per heavy atom. The molecule has 2 heterocycles. The molecular formula is C14H19NO2S. The highest BCUT2D eigenvalue weighted by atomic mass is 32.1. The van der Waals surface area contributed by atoms with Gasteiger partial charge in [-0.15, -0.1) is 11.3 Å². The van der Waals surface area contributed by atoms with Gasteiger partial charge in [-0.25, -0.2) is 4.79 Å². The molecule has 0 spiro atoms. The van der Waals surface area contributed by atoms with Gasteiger partial charge < -0.3 is 5.11 Å². The van der Waals surface area contributed by atoms with E-state index >= 15 is 0 Å². The van der Waals surface area contributed by atoms with E-state index in [9.17, 15) is 4.79 Å². The van der Waals surface area contributed by atoms with E-state index in [0.717, 1.165) is 23.3 Å². The minimum Gasteiger partial charge on any atom is -0.477 e. The topological polar surface area (TPSA) is 40.5 Å². The predicted octanol–water partition coefficient (Wildman–Crippen LogP) is 2.99. The lowest BCUT2D eigenvalue weighted by Crippen LogP contribution is -2.21. The summed E-state index contributed by atoms with van der Waals surface area (Å²) in [6, 6.07) is 1.86. The Hall–Kier alpha value is -0.870. The van der Waals surface area contributed by atoms with Crippen molar-refractivity contribution in [3.8, 4) is 0 Å². The highest BCUT2D eigenvalue weighted by Gasteiger charge is 2.36. The number of carboxylic acid groups (broad SMARTS) is 1. The molecule has 1 N–H and O–H groups in total. The van der Waals surface area contributed by atoms with Gasteiger partial charge in [0.15, 0.2) is 0 Å². The number of hydrogen-bond acceptors (Lipinski definition) is 3. The Bertz CT molecular complexity index is 456. The van der Waals surface area contributed by atoms with Crippen LogP contribution in [0.2, 0.25) is 0 Å². The number of aromatic carboxylic acids is 1. The average molecular weight is 265 g/mol. The zero-order valence-electron chi connectivity index (χ0n) is 10.7. The summed E-state index contributed by atoms with van der Waals surface area (Å²) in [7, 11) is 0. The van der Waals surface area contributed by atoms with Gasteiger partial charge in [0.25, 0.3) is 0 Å². The number of thiophene rings is 1. The number of nitrogens with zero attached hydrogens (tertiary/aromatic N) is 1. The van der Waals surface area contributed by atoms with E-state index in [1.165, 1.54) is 49.3 Å². The maximum absolute atomic E-state index is 11.0. The molecule has 2 unspecified atom stereocenters. The van der Waals surface area contributed by atoms with Crippen LogP contribution in [-0.2, 0) is 6.54 Å². The summed E-state index contributed by atoms with van der Waals surface area (Å²) in [4.78, 5) is 15.1. The van der Waals surface area contributed by atoms with Crippen LogP contribution in [0.5, 0.6) is 0 Å². The largest absolute Gasteiger partial charge is 0.477 e. The number of fused-ring (bicyclic) bond motifs is 1. The first-order valence-corrected chi connectivity index (χ1v) is 7.50. The van der Waals surface area contributed by atoms with Gasteiger partial charge in [-0.1, -0.05) is 6.42 Å². The lowest BCUT2D eigenvalue weighted by molar-refractivity contribution is 0.0702. The maximum Gasteiger partial charge on any atom is 0.345 e. The van der Waals surface area contributed by atoms with Crippen molar-refractivity contribution >= 4 is 17.3 Å². The van der Waals surface area contributed by atoms with E-state index in [1.54, 1.807) is 0 Å². The maximum atomic E-state index is 11.0. The van der Waals surface area contributed by atoms with Crippen LogP contribution in [-0.4, -0.2) is 29.1 Å². The summed E-state index contributed by atoms with van der Waals surface area (Å²) < 4.78 is 0. The number of likely N-dealkylation sites (tertiary alicyclic amines) is 1. The highest BCUT2D eigenvalue weighted by Crippen LogP contribution is 2.38. The molecule has 2 fully saturated rings. The molecule has 2 atom stereocenters. The van der Waals surface area contributed by atoms with Gasteiger partial charge in [0.2, 0.25) is 0 Å². The van der Waals surface area contributed by atoms with Crippen molar-refractivity contribution in [2.45, 2.75) is 32.7 Å². The summed E-state index contributed by atoms with van der Waals surface area (Å²) in [5, 5.41) is 9.01. The Morgan fingerprint density at radius 1 is 1.44 bits per heavy atom. The number of carbonyl (C=O) groups is 1. The van der Waals surface area contributed by atoms with E-state index in [-0.39, 0.29) is 0 Å².